The number of esters is 1. The van der Waals surface area contributed by atoms with Gasteiger partial charge in [0.2, 0.25) is 0 Å². The summed E-state index contributed by atoms with van der Waals surface area (Å²) in [5.41, 5.74) is 0. The molecule has 4 nitrogen and oxygen atoms in total. The Kier molecular flexibility index (Phi) is 6.80. The molecule has 0 aromatic carbocycles. The van der Waals surface area contributed by atoms with Crippen molar-refractivity contribution in [1.29, 1.82) is 0 Å². The second kappa shape index (κ2) is 7.03. The third-order valence-corrected chi connectivity index (χ3v) is 3.25. The molecule has 5 heteroatoms. The minimum absolute atomic E-state index is 0.164. The summed E-state index contributed by atoms with van der Waals surface area (Å²) in [6.07, 6.45) is 0.201. The Balaban J connectivity index is 3.75. The maximum absolute atomic E-state index is 11.4. The number of carbonyl (C=O) groups excluding carboxylic acids is 1. The third kappa shape index (κ3) is 5.76. The van der Waals surface area contributed by atoms with Crippen molar-refractivity contribution in [2.75, 3.05) is 26.6 Å². The number of hydrogen-bond donors (Lipinski definition) is 0. The summed E-state index contributed by atoms with van der Waals surface area (Å²) < 4.78 is 20.6. The zero-order chi connectivity index (χ0) is 10.3. The van der Waals surface area contributed by atoms with Crippen LogP contribution < -0.4 is 0 Å². The quantitative estimate of drug-likeness (QED) is 0.590. The van der Waals surface area contributed by atoms with E-state index in [-0.39, 0.29) is 17.6 Å². The van der Waals surface area contributed by atoms with Gasteiger partial charge in [0.1, 0.15) is 0 Å². The second-order valence-corrected chi connectivity index (χ2v) is 4.64. The highest BCUT2D eigenvalue weighted by Crippen LogP contribution is 2.02. The first-order valence-electron chi connectivity index (χ1n) is 4.04. The zero-order valence-electron chi connectivity index (χ0n) is 8.24. The number of ether oxygens (including phenoxy) is 2. The second-order valence-electron chi connectivity index (χ2n) is 2.67. The molecule has 0 bridgehead atoms. The van der Waals surface area contributed by atoms with E-state index in [4.69, 9.17) is 4.74 Å². The van der Waals surface area contributed by atoms with E-state index in [0.717, 1.165) is 0 Å². The SMILES string of the molecule is COCCS(=O)C(C)CC(=O)OC. The summed E-state index contributed by atoms with van der Waals surface area (Å²) in [5, 5.41) is -0.164. The summed E-state index contributed by atoms with van der Waals surface area (Å²) in [6, 6.07) is 0. The van der Waals surface area contributed by atoms with Crippen molar-refractivity contribution in [2.45, 2.75) is 18.6 Å². The number of methoxy groups -OCH3 is 2. The van der Waals surface area contributed by atoms with E-state index in [2.05, 4.69) is 4.74 Å². The van der Waals surface area contributed by atoms with Crippen LogP contribution in [0.25, 0.3) is 0 Å². The van der Waals surface area contributed by atoms with E-state index in [0.29, 0.717) is 12.4 Å². The maximum Gasteiger partial charge on any atom is 0.306 e. The lowest BCUT2D eigenvalue weighted by atomic mass is 10.3. The Hall–Kier alpha value is -0.420. The van der Waals surface area contributed by atoms with E-state index < -0.39 is 10.8 Å². The smallest absolute Gasteiger partial charge is 0.306 e. The van der Waals surface area contributed by atoms with Crippen LogP contribution >= 0.6 is 0 Å². The monoisotopic (exact) mass is 208 g/mol. The molecule has 0 amide bonds. The molecule has 2 unspecified atom stereocenters. The molecule has 0 heterocycles. The molecule has 0 spiro atoms. The highest BCUT2D eigenvalue weighted by molar-refractivity contribution is 7.85. The van der Waals surface area contributed by atoms with Crippen LogP contribution in [0.1, 0.15) is 13.3 Å². The minimum atomic E-state index is -1.01. The zero-order valence-corrected chi connectivity index (χ0v) is 9.06. The fourth-order valence-electron chi connectivity index (χ4n) is 0.778. The Labute approximate surface area is 81.1 Å². The van der Waals surface area contributed by atoms with E-state index in [9.17, 15) is 9.00 Å². The Morgan fingerprint density at radius 1 is 1.46 bits per heavy atom. The lowest BCUT2D eigenvalue weighted by Gasteiger charge is -2.09. The van der Waals surface area contributed by atoms with Crippen LogP contribution in [0.2, 0.25) is 0 Å². The van der Waals surface area contributed by atoms with Gasteiger partial charge in [-0.2, -0.15) is 0 Å². The molecule has 13 heavy (non-hydrogen) atoms. The van der Waals surface area contributed by atoms with Gasteiger partial charge >= 0.3 is 5.97 Å². The van der Waals surface area contributed by atoms with Crippen molar-refractivity contribution in [3.63, 3.8) is 0 Å². The maximum atomic E-state index is 11.4. The van der Waals surface area contributed by atoms with Gasteiger partial charge in [-0.15, -0.1) is 0 Å². The molecule has 0 aromatic rings. The van der Waals surface area contributed by atoms with Gasteiger partial charge in [-0.3, -0.25) is 9.00 Å². The Morgan fingerprint density at radius 3 is 2.54 bits per heavy atom. The van der Waals surface area contributed by atoms with Crippen molar-refractivity contribution in [3.05, 3.63) is 0 Å². The van der Waals surface area contributed by atoms with Crippen molar-refractivity contribution < 1.29 is 18.5 Å². The molecule has 0 N–H and O–H groups in total. The molecule has 0 aromatic heterocycles. The first-order valence-corrected chi connectivity index (χ1v) is 5.43. The van der Waals surface area contributed by atoms with Crippen LogP contribution in [0, 0.1) is 0 Å². The Morgan fingerprint density at radius 2 is 2.08 bits per heavy atom. The molecule has 0 aliphatic heterocycles. The summed E-state index contributed by atoms with van der Waals surface area (Å²) in [5.74, 6) is 0.146. The molecule has 0 fully saturated rings. The summed E-state index contributed by atoms with van der Waals surface area (Å²) in [4.78, 5) is 10.8. The van der Waals surface area contributed by atoms with Gasteiger partial charge in [0, 0.05) is 28.9 Å². The highest BCUT2D eigenvalue weighted by atomic mass is 32.2. The Bertz CT molecular complexity index is 181. The van der Waals surface area contributed by atoms with Crippen molar-refractivity contribution in [1.82, 2.24) is 0 Å². The predicted octanol–water partition coefficient (Wildman–Crippen LogP) is 0.333. The van der Waals surface area contributed by atoms with Gasteiger partial charge in [-0.05, 0) is 0 Å². The first-order chi connectivity index (χ1) is 6.11. The van der Waals surface area contributed by atoms with Gasteiger partial charge in [0.25, 0.3) is 0 Å². The average Bonchev–Trinajstić information content (AvgIpc) is 2.13. The van der Waals surface area contributed by atoms with Gasteiger partial charge in [-0.25, -0.2) is 0 Å². The summed E-state index contributed by atoms with van der Waals surface area (Å²) >= 11 is 0. The molecule has 0 aliphatic carbocycles. The van der Waals surface area contributed by atoms with Crippen molar-refractivity contribution in [2.24, 2.45) is 0 Å². The first kappa shape index (κ1) is 12.6. The molecule has 2 atom stereocenters. The topological polar surface area (TPSA) is 52.6 Å². The molecular weight excluding hydrogens is 192 g/mol. The molecule has 78 valence electrons. The van der Waals surface area contributed by atoms with Crippen LogP contribution in [0.3, 0.4) is 0 Å². The number of rotatable bonds is 6. The lowest BCUT2D eigenvalue weighted by molar-refractivity contribution is -0.140. The largest absolute Gasteiger partial charge is 0.469 e. The van der Waals surface area contributed by atoms with E-state index >= 15 is 0 Å². The van der Waals surface area contributed by atoms with Crippen LogP contribution in [0.5, 0.6) is 0 Å². The molecule has 0 aliphatic rings. The van der Waals surface area contributed by atoms with E-state index in [1.807, 2.05) is 0 Å². The van der Waals surface area contributed by atoms with E-state index in [1.165, 1.54) is 7.11 Å². The van der Waals surface area contributed by atoms with Crippen molar-refractivity contribution >= 4 is 16.8 Å². The number of carbonyl (C=O) groups is 1. The molecule has 0 radical (unpaired) electrons. The normalized spacial score (nSPS) is 15.0. The fraction of sp³-hybridized carbons (Fsp3) is 0.875. The lowest BCUT2D eigenvalue weighted by Crippen LogP contribution is -2.20. The standard InChI is InChI=1S/C8H16O4S/c1-7(6-8(9)12-3)13(10)5-4-11-2/h7H,4-6H2,1-3H3. The molecular formula is C8H16O4S. The number of hydrogen-bond acceptors (Lipinski definition) is 4. The van der Waals surface area contributed by atoms with Gasteiger partial charge in [-0.1, -0.05) is 6.92 Å². The van der Waals surface area contributed by atoms with E-state index in [1.54, 1.807) is 14.0 Å². The predicted molar refractivity (Wildman–Crippen MR) is 51.0 cm³/mol. The van der Waals surface area contributed by atoms with Gasteiger partial charge < -0.3 is 9.47 Å². The molecule has 0 saturated carbocycles. The highest BCUT2D eigenvalue weighted by Gasteiger charge is 2.15. The van der Waals surface area contributed by atoms with Crippen LogP contribution in [0.15, 0.2) is 0 Å². The minimum Gasteiger partial charge on any atom is -0.469 e. The third-order valence-electron chi connectivity index (χ3n) is 1.62. The van der Waals surface area contributed by atoms with Gasteiger partial charge in [0.15, 0.2) is 0 Å². The average molecular weight is 208 g/mol. The molecule has 0 rings (SSSR count). The fourth-order valence-corrected chi connectivity index (χ4v) is 1.83. The van der Waals surface area contributed by atoms with Gasteiger partial charge in [0.05, 0.1) is 20.1 Å². The molecule has 0 saturated heterocycles. The summed E-state index contributed by atoms with van der Waals surface area (Å²) in [6.45, 7) is 2.22. The summed E-state index contributed by atoms with van der Waals surface area (Å²) in [7, 11) is 1.87. The van der Waals surface area contributed by atoms with Crippen molar-refractivity contribution in [3.8, 4) is 0 Å². The van der Waals surface area contributed by atoms with Crippen LogP contribution in [-0.2, 0) is 25.1 Å². The van der Waals surface area contributed by atoms with Crippen LogP contribution in [-0.4, -0.2) is 42.0 Å². The van der Waals surface area contributed by atoms with Crippen LogP contribution in [0.4, 0.5) is 0 Å².